The van der Waals surface area contributed by atoms with Crippen molar-refractivity contribution in [2.75, 3.05) is 23.4 Å². The molecule has 1 N–H and O–H groups in total. The number of likely N-dealkylation sites (N-methyl/N-ethyl adjacent to an activating group) is 2. The van der Waals surface area contributed by atoms with E-state index < -0.39 is 6.23 Å². The van der Waals surface area contributed by atoms with E-state index in [1.165, 1.54) is 70.5 Å². The molecule has 2 heterocycles. The highest BCUT2D eigenvalue weighted by Gasteiger charge is 2.27. The molecule has 0 spiro atoms. The van der Waals surface area contributed by atoms with Crippen molar-refractivity contribution in [3.05, 3.63) is 105 Å². The van der Waals surface area contributed by atoms with Crippen molar-refractivity contribution in [2.24, 2.45) is 0 Å². The molecule has 5 rings (SSSR count). The number of hydrogen-bond donors (Lipinski definition) is 1. The van der Waals surface area contributed by atoms with Gasteiger partial charge >= 0.3 is 0 Å². The van der Waals surface area contributed by atoms with E-state index in [0.717, 1.165) is 29.8 Å². The predicted molar refractivity (Wildman–Crippen MR) is 201 cm³/mol. The fourth-order valence-electron chi connectivity index (χ4n) is 6.85. The standard InChI is InChI=1S/C40H46N2O2S2/c1-11-42(40(44)24(4)5)32-21-17-30(18-22-32)38-26(7)36(28(9)46-38)34-14-12-13-33(34)35-25(6)37(45-27(35)8)29-15-19-31(20-16-29)41(10)39(43)23(2)3/h15-22,40,44H,2,4,11-14H2,1,3,5-10H3. The van der Waals surface area contributed by atoms with E-state index in [9.17, 15) is 9.90 Å². The topological polar surface area (TPSA) is 43.8 Å². The van der Waals surface area contributed by atoms with Crippen molar-refractivity contribution < 1.29 is 9.90 Å². The van der Waals surface area contributed by atoms with Crippen LogP contribution in [0.25, 0.3) is 32.0 Å². The molecule has 1 atom stereocenters. The van der Waals surface area contributed by atoms with Gasteiger partial charge in [0.1, 0.15) is 6.23 Å². The van der Waals surface area contributed by atoms with Crippen LogP contribution in [-0.2, 0) is 4.79 Å². The van der Waals surface area contributed by atoms with Gasteiger partial charge in [0.2, 0.25) is 0 Å². The van der Waals surface area contributed by atoms with Gasteiger partial charge in [-0.1, -0.05) is 37.4 Å². The SMILES string of the molecule is C=C(C)C(=O)N(C)c1ccc(-c2sc(C)c(C3=C(c4c(C)sc(-c5ccc(N(CC)C(O)C(=C)C)cc5)c4C)CCC3)c2C)cc1. The number of aliphatic hydroxyl groups is 1. The second-order valence-corrected chi connectivity index (χ2v) is 15.0. The smallest absolute Gasteiger partial charge is 0.253 e. The van der Waals surface area contributed by atoms with E-state index in [0.29, 0.717) is 12.1 Å². The molecule has 1 amide bonds. The van der Waals surface area contributed by atoms with Gasteiger partial charge in [0, 0.05) is 50.0 Å². The number of carbonyl (C=O) groups excluding carboxylic acids is 1. The molecule has 2 aromatic heterocycles. The zero-order valence-corrected chi connectivity index (χ0v) is 30.1. The summed E-state index contributed by atoms with van der Waals surface area (Å²) in [5, 5.41) is 10.6. The van der Waals surface area contributed by atoms with Crippen LogP contribution in [0.15, 0.2) is 72.8 Å². The Kier molecular flexibility index (Phi) is 9.92. The average Bonchev–Trinajstić information content (AvgIpc) is 3.70. The van der Waals surface area contributed by atoms with E-state index in [1.54, 1.807) is 18.9 Å². The molecule has 0 bridgehead atoms. The minimum Gasteiger partial charge on any atom is -0.370 e. The molecule has 4 nitrogen and oxygen atoms in total. The van der Waals surface area contributed by atoms with Gasteiger partial charge in [0.15, 0.2) is 0 Å². The molecule has 0 fully saturated rings. The van der Waals surface area contributed by atoms with Gasteiger partial charge in [-0.05, 0) is 142 Å². The monoisotopic (exact) mass is 650 g/mol. The maximum atomic E-state index is 12.4. The van der Waals surface area contributed by atoms with Gasteiger partial charge in [0.05, 0.1) is 0 Å². The van der Waals surface area contributed by atoms with Crippen molar-refractivity contribution in [3.8, 4) is 20.9 Å². The largest absolute Gasteiger partial charge is 0.370 e. The maximum absolute atomic E-state index is 12.4. The lowest BCUT2D eigenvalue weighted by molar-refractivity contribution is -0.114. The number of carbonyl (C=O) groups is 1. The second-order valence-electron chi connectivity index (χ2n) is 12.5. The van der Waals surface area contributed by atoms with Crippen molar-refractivity contribution in [1.82, 2.24) is 0 Å². The number of amides is 1. The number of rotatable bonds is 10. The minimum atomic E-state index is -0.691. The van der Waals surface area contributed by atoms with Crippen molar-refractivity contribution in [2.45, 2.75) is 74.0 Å². The van der Waals surface area contributed by atoms with E-state index in [-0.39, 0.29) is 5.91 Å². The number of allylic oxidation sites excluding steroid dienone is 2. The second kappa shape index (κ2) is 13.6. The first kappa shape index (κ1) is 33.6. The third-order valence-electron chi connectivity index (χ3n) is 9.19. The van der Waals surface area contributed by atoms with Gasteiger partial charge in [-0.3, -0.25) is 4.79 Å². The third kappa shape index (κ3) is 6.18. The first-order chi connectivity index (χ1) is 21.8. The number of thiophene rings is 2. The maximum Gasteiger partial charge on any atom is 0.253 e. The highest BCUT2D eigenvalue weighted by molar-refractivity contribution is 7.16. The van der Waals surface area contributed by atoms with Gasteiger partial charge < -0.3 is 14.9 Å². The molecule has 1 aliphatic rings. The number of nitrogens with zero attached hydrogens (tertiary/aromatic N) is 2. The minimum absolute atomic E-state index is 0.0698. The molecular weight excluding hydrogens is 605 g/mol. The highest BCUT2D eigenvalue weighted by atomic mass is 32.1. The Balaban J connectivity index is 1.49. The van der Waals surface area contributed by atoms with E-state index >= 15 is 0 Å². The number of aliphatic hydroxyl groups excluding tert-OH is 1. The summed E-state index contributed by atoms with van der Waals surface area (Å²) < 4.78 is 0. The van der Waals surface area contributed by atoms with Crippen molar-refractivity contribution >= 4 is 51.1 Å². The Hall–Kier alpha value is -3.71. The van der Waals surface area contributed by atoms with Gasteiger partial charge in [0.25, 0.3) is 5.91 Å². The third-order valence-corrected chi connectivity index (χ3v) is 11.7. The summed E-state index contributed by atoms with van der Waals surface area (Å²) in [5.74, 6) is -0.0698. The summed E-state index contributed by atoms with van der Waals surface area (Å²) in [7, 11) is 1.80. The molecule has 1 aliphatic carbocycles. The Labute approximate surface area is 283 Å². The molecule has 240 valence electrons. The summed E-state index contributed by atoms with van der Waals surface area (Å²) in [6.07, 6.45) is 2.67. The van der Waals surface area contributed by atoms with Crippen LogP contribution in [0.5, 0.6) is 0 Å². The van der Waals surface area contributed by atoms with E-state index in [2.05, 4.69) is 84.2 Å². The van der Waals surface area contributed by atoms with Gasteiger partial charge in [-0.2, -0.15) is 0 Å². The number of hydrogen-bond acceptors (Lipinski definition) is 5. The fourth-order valence-corrected chi connectivity index (χ4v) is 9.23. The van der Waals surface area contributed by atoms with Gasteiger partial charge in [-0.25, -0.2) is 0 Å². The number of anilines is 2. The zero-order chi connectivity index (χ0) is 33.4. The molecular formula is C40H46N2O2S2. The van der Waals surface area contributed by atoms with Crippen molar-refractivity contribution in [3.63, 3.8) is 0 Å². The van der Waals surface area contributed by atoms with Crippen LogP contribution in [0, 0.1) is 27.7 Å². The predicted octanol–water partition coefficient (Wildman–Crippen LogP) is 10.7. The molecule has 6 heteroatoms. The van der Waals surface area contributed by atoms with E-state index in [1.807, 2.05) is 46.6 Å². The molecule has 0 aliphatic heterocycles. The Morgan fingerprint density at radius 1 is 0.804 bits per heavy atom. The summed E-state index contributed by atoms with van der Waals surface area (Å²) >= 11 is 3.75. The highest BCUT2D eigenvalue weighted by Crippen LogP contribution is 2.50. The number of benzene rings is 2. The quantitative estimate of drug-likeness (QED) is 0.106. The fraction of sp³-hybridized carbons (Fsp3) is 0.325. The van der Waals surface area contributed by atoms with Crippen LogP contribution in [0.3, 0.4) is 0 Å². The molecule has 0 saturated carbocycles. The lowest BCUT2D eigenvalue weighted by Crippen LogP contribution is -2.35. The average molecular weight is 651 g/mol. The molecule has 2 aromatic carbocycles. The summed E-state index contributed by atoms with van der Waals surface area (Å²) in [6, 6.07) is 16.9. The summed E-state index contributed by atoms with van der Waals surface area (Å²) in [6.45, 7) is 23.2. The molecule has 46 heavy (non-hydrogen) atoms. The lowest BCUT2D eigenvalue weighted by Gasteiger charge is -2.29. The first-order valence-corrected chi connectivity index (χ1v) is 17.7. The van der Waals surface area contributed by atoms with Crippen LogP contribution >= 0.6 is 22.7 Å². The summed E-state index contributed by atoms with van der Waals surface area (Å²) in [5.41, 5.74) is 14.1. The van der Waals surface area contributed by atoms with Crippen LogP contribution in [0.4, 0.5) is 11.4 Å². The van der Waals surface area contributed by atoms with Gasteiger partial charge in [-0.15, -0.1) is 22.7 Å². The molecule has 4 aromatic rings. The van der Waals surface area contributed by atoms with Crippen LogP contribution in [0.1, 0.15) is 72.0 Å². The van der Waals surface area contributed by atoms with Crippen LogP contribution in [-0.4, -0.2) is 30.8 Å². The first-order valence-electron chi connectivity index (χ1n) is 16.0. The Morgan fingerprint density at radius 2 is 1.24 bits per heavy atom. The van der Waals surface area contributed by atoms with Crippen LogP contribution in [0.2, 0.25) is 0 Å². The zero-order valence-electron chi connectivity index (χ0n) is 28.5. The van der Waals surface area contributed by atoms with Crippen molar-refractivity contribution in [1.29, 1.82) is 0 Å². The number of aryl methyl sites for hydroxylation is 2. The normalized spacial score (nSPS) is 13.7. The summed E-state index contributed by atoms with van der Waals surface area (Å²) in [4.78, 5) is 21.4. The molecule has 1 unspecified atom stereocenters. The lowest BCUT2D eigenvalue weighted by atomic mass is 9.91. The molecule has 0 saturated heterocycles. The Bertz CT molecular complexity index is 1840. The van der Waals surface area contributed by atoms with Crippen LogP contribution < -0.4 is 9.80 Å². The molecule has 0 radical (unpaired) electrons. The Morgan fingerprint density at radius 3 is 1.63 bits per heavy atom. The van der Waals surface area contributed by atoms with E-state index in [4.69, 9.17) is 0 Å².